The van der Waals surface area contributed by atoms with Crippen LogP contribution in [0.1, 0.15) is 37.9 Å². The zero-order valence-electron chi connectivity index (χ0n) is 20.9. The Hall–Kier alpha value is -4.57. The Kier molecular flexibility index (Phi) is 7.82. The molecule has 3 aromatic rings. The number of ether oxygens (including phenoxy) is 3. The smallest absolute Gasteiger partial charge is 0.338 e. The van der Waals surface area contributed by atoms with E-state index in [1.165, 1.54) is 24.5 Å². The van der Waals surface area contributed by atoms with E-state index in [9.17, 15) is 19.2 Å². The van der Waals surface area contributed by atoms with E-state index >= 15 is 0 Å². The predicted octanol–water partition coefficient (Wildman–Crippen LogP) is 2.82. The number of rotatable bonds is 7. The van der Waals surface area contributed by atoms with Gasteiger partial charge < -0.3 is 14.2 Å². The summed E-state index contributed by atoms with van der Waals surface area (Å²) >= 11 is 1.15. The molecule has 1 atom stereocenters. The molecule has 194 valence electrons. The van der Waals surface area contributed by atoms with Crippen LogP contribution in [0.2, 0.25) is 0 Å². The van der Waals surface area contributed by atoms with E-state index in [0.717, 1.165) is 11.3 Å². The zero-order chi connectivity index (χ0) is 27.4. The molecule has 0 aliphatic carbocycles. The molecule has 0 saturated heterocycles. The van der Waals surface area contributed by atoms with Gasteiger partial charge in [0, 0.05) is 19.4 Å². The number of hydrogen-bond acceptors (Lipinski definition) is 9. The van der Waals surface area contributed by atoms with Crippen LogP contribution in [0.3, 0.4) is 0 Å². The summed E-state index contributed by atoms with van der Waals surface area (Å²) in [5.41, 5.74) is 1.35. The number of benzene rings is 2. The number of carbonyl (C=O) groups excluding carboxylic acids is 3. The monoisotopic (exact) mass is 532 g/mol. The number of carbonyl (C=O) groups is 3. The van der Waals surface area contributed by atoms with Gasteiger partial charge in [0.05, 0.1) is 21.8 Å². The van der Waals surface area contributed by atoms with Crippen LogP contribution in [-0.4, -0.2) is 29.1 Å². The van der Waals surface area contributed by atoms with E-state index in [1.54, 1.807) is 61.5 Å². The maximum absolute atomic E-state index is 13.8. The lowest BCUT2D eigenvalue weighted by molar-refractivity contribution is -0.138. The highest BCUT2D eigenvalue weighted by Crippen LogP contribution is 2.31. The molecule has 0 N–H and O–H groups in total. The van der Waals surface area contributed by atoms with Crippen molar-refractivity contribution in [1.82, 2.24) is 4.57 Å². The van der Waals surface area contributed by atoms with Crippen LogP contribution in [0.15, 0.2) is 82.2 Å². The minimum Gasteiger partial charge on any atom is -0.458 e. The number of esters is 3. The first-order valence-electron chi connectivity index (χ1n) is 11.6. The van der Waals surface area contributed by atoms with Gasteiger partial charge in [-0.1, -0.05) is 54.3 Å². The molecule has 1 aromatic heterocycles. The van der Waals surface area contributed by atoms with Crippen LogP contribution in [0.25, 0.3) is 6.08 Å². The van der Waals surface area contributed by atoms with Crippen LogP contribution >= 0.6 is 11.3 Å². The van der Waals surface area contributed by atoms with Crippen molar-refractivity contribution in [2.75, 3.05) is 6.61 Å². The lowest BCUT2D eigenvalue weighted by atomic mass is 9.96. The topological polar surface area (TPSA) is 113 Å². The second-order valence-corrected chi connectivity index (χ2v) is 9.27. The van der Waals surface area contributed by atoms with Gasteiger partial charge in [-0.15, -0.1) is 0 Å². The predicted molar refractivity (Wildman–Crippen MR) is 140 cm³/mol. The third-order valence-electron chi connectivity index (χ3n) is 5.49. The van der Waals surface area contributed by atoms with Gasteiger partial charge in [0.2, 0.25) is 0 Å². The molecule has 0 spiro atoms. The molecule has 4 rings (SSSR count). The fourth-order valence-electron chi connectivity index (χ4n) is 3.98. The minimum atomic E-state index is -0.846. The molecule has 0 bridgehead atoms. The van der Waals surface area contributed by atoms with E-state index in [0.29, 0.717) is 37.7 Å². The number of hydrogen-bond donors (Lipinski definition) is 0. The number of thiazole rings is 1. The molecule has 0 radical (unpaired) electrons. The Labute approximate surface area is 221 Å². The van der Waals surface area contributed by atoms with E-state index in [4.69, 9.17) is 14.2 Å². The highest BCUT2D eigenvalue weighted by atomic mass is 32.1. The first-order chi connectivity index (χ1) is 18.2. The summed E-state index contributed by atoms with van der Waals surface area (Å²) in [7, 11) is 0. The molecular weight excluding hydrogens is 508 g/mol. The van der Waals surface area contributed by atoms with Gasteiger partial charge in [-0.25, -0.2) is 9.79 Å². The zero-order valence-corrected chi connectivity index (χ0v) is 21.7. The standard InChI is InChI=1S/C28H24N2O7S/c1-5-14-35-27(34)24-16(2)29-28-30(25(24)19-10-12-21(13-11-19)36-17(3)31)26(33)23(38-28)15-20-8-6-7-9-22(20)37-18(4)32/h5-13,15,25H,1,14H2,2-4H3/b23-15-/t25-/m1/s1. The summed E-state index contributed by atoms with van der Waals surface area (Å²) in [6, 6.07) is 12.5. The molecule has 2 aromatic carbocycles. The lowest BCUT2D eigenvalue weighted by Crippen LogP contribution is -2.39. The van der Waals surface area contributed by atoms with Gasteiger partial charge >= 0.3 is 17.9 Å². The second kappa shape index (κ2) is 11.2. The van der Waals surface area contributed by atoms with E-state index in [1.807, 2.05) is 0 Å². The highest BCUT2D eigenvalue weighted by molar-refractivity contribution is 7.07. The minimum absolute atomic E-state index is 0.00885. The molecular formula is C28H24N2O7S. The van der Waals surface area contributed by atoms with Crippen LogP contribution in [-0.2, 0) is 19.1 Å². The Morgan fingerprint density at radius 2 is 1.74 bits per heavy atom. The van der Waals surface area contributed by atoms with Gasteiger partial charge in [0.1, 0.15) is 18.1 Å². The van der Waals surface area contributed by atoms with Crippen molar-refractivity contribution >= 4 is 35.3 Å². The summed E-state index contributed by atoms with van der Waals surface area (Å²) in [5.74, 6) is -0.942. The average Bonchev–Trinajstić information content (AvgIpc) is 3.17. The molecule has 2 heterocycles. The van der Waals surface area contributed by atoms with Gasteiger partial charge in [0.25, 0.3) is 5.56 Å². The molecule has 38 heavy (non-hydrogen) atoms. The number of para-hydroxylation sites is 1. The first-order valence-corrected chi connectivity index (χ1v) is 12.4. The molecule has 0 unspecified atom stereocenters. The van der Waals surface area contributed by atoms with Crippen molar-refractivity contribution in [2.24, 2.45) is 4.99 Å². The Morgan fingerprint density at radius 1 is 1.05 bits per heavy atom. The SMILES string of the molecule is C=CCOC(=O)C1=C(C)N=c2s/c(=C\c3ccccc3OC(C)=O)c(=O)n2[C@@H]1c1ccc(OC(C)=O)cc1. The van der Waals surface area contributed by atoms with Crippen molar-refractivity contribution in [2.45, 2.75) is 26.8 Å². The molecule has 1 aliphatic rings. The van der Waals surface area contributed by atoms with Crippen molar-refractivity contribution in [3.8, 4) is 11.5 Å². The Balaban J connectivity index is 1.90. The van der Waals surface area contributed by atoms with Crippen LogP contribution in [0, 0.1) is 0 Å². The highest BCUT2D eigenvalue weighted by Gasteiger charge is 2.33. The second-order valence-electron chi connectivity index (χ2n) is 8.26. The van der Waals surface area contributed by atoms with Gasteiger partial charge in [-0.2, -0.15) is 0 Å². The fraction of sp³-hybridized carbons (Fsp3) is 0.179. The normalized spacial score (nSPS) is 14.8. The molecule has 1 aliphatic heterocycles. The Bertz CT molecular complexity index is 1650. The molecule has 0 fully saturated rings. The van der Waals surface area contributed by atoms with E-state index in [-0.39, 0.29) is 17.7 Å². The number of allylic oxidation sites excluding steroid dienone is 1. The Morgan fingerprint density at radius 3 is 2.39 bits per heavy atom. The fourth-order valence-corrected chi connectivity index (χ4v) is 5.02. The molecule has 0 amide bonds. The van der Waals surface area contributed by atoms with Crippen molar-refractivity contribution < 1.29 is 28.6 Å². The third kappa shape index (κ3) is 5.55. The molecule has 10 heteroatoms. The summed E-state index contributed by atoms with van der Waals surface area (Å²) in [5, 5.41) is 0. The maximum atomic E-state index is 13.8. The summed E-state index contributed by atoms with van der Waals surface area (Å²) < 4.78 is 17.5. The van der Waals surface area contributed by atoms with Gasteiger partial charge in [-0.3, -0.25) is 19.0 Å². The third-order valence-corrected chi connectivity index (χ3v) is 6.47. The van der Waals surface area contributed by atoms with E-state index < -0.39 is 23.9 Å². The maximum Gasteiger partial charge on any atom is 0.338 e. The molecule has 0 saturated carbocycles. The van der Waals surface area contributed by atoms with Gasteiger partial charge in [0.15, 0.2) is 4.80 Å². The lowest BCUT2D eigenvalue weighted by Gasteiger charge is -2.24. The number of aromatic nitrogens is 1. The molecule has 9 nitrogen and oxygen atoms in total. The van der Waals surface area contributed by atoms with Crippen molar-refractivity contribution in [3.05, 3.63) is 103 Å². The van der Waals surface area contributed by atoms with Crippen LogP contribution < -0.4 is 24.4 Å². The summed E-state index contributed by atoms with van der Waals surface area (Å²) in [6.45, 7) is 7.84. The number of fused-ring (bicyclic) bond motifs is 1. The first kappa shape index (κ1) is 26.5. The summed E-state index contributed by atoms with van der Waals surface area (Å²) in [4.78, 5) is 54.7. The van der Waals surface area contributed by atoms with E-state index in [2.05, 4.69) is 11.6 Å². The van der Waals surface area contributed by atoms with Crippen molar-refractivity contribution in [1.29, 1.82) is 0 Å². The van der Waals surface area contributed by atoms with Crippen LogP contribution in [0.4, 0.5) is 0 Å². The van der Waals surface area contributed by atoms with Crippen molar-refractivity contribution in [3.63, 3.8) is 0 Å². The van der Waals surface area contributed by atoms with Crippen LogP contribution in [0.5, 0.6) is 11.5 Å². The largest absolute Gasteiger partial charge is 0.458 e. The quantitative estimate of drug-likeness (QED) is 0.261. The number of nitrogens with zero attached hydrogens (tertiary/aromatic N) is 2. The summed E-state index contributed by atoms with van der Waals surface area (Å²) in [6.07, 6.45) is 3.07. The average molecular weight is 533 g/mol. The van der Waals surface area contributed by atoms with Gasteiger partial charge in [-0.05, 0) is 36.8 Å².